The van der Waals surface area contributed by atoms with Gasteiger partial charge in [0.1, 0.15) is 0 Å². The van der Waals surface area contributed by atoms with Gasteiger partial charge in [-0.2, -0.15) is 0 Å². The minimum Gasteiger partial charge on any atom is -0.777 e. The Morgan fingerprint density at radius 1 is 1.04 bits per heavy atom. The van der Waals surface area contributed by atoms with Crippen molar-refractivity contribution in [2.45, 2.75) is 65.8 Å². The smallest absolute Gasteiger partial charge is 0.777 e. The Morgan fingerprint density at radius 3 is 2.00 bits per heavy atom. The molecule has 0 saturated heterocycles. The predicted octanol–water partition coefficient (Wildman–Crippen LogP) is 1.05. The van der Waals surface area contributed by atoms with Crippen molar-refractivity contribution >= 4 is 15.2 Å². The summed E-state index contributed by atoms with van der Waals surface area (Å²) in [6.07, 6.45) is 9.84. The molecule has 0 aromatic carbocycles. The largest absolute Gasteiger partial charge is 1.00 e. The van der Waals surface area contributed by atoms with Gasteiger partial charge in [0.2, 0.25) is 0 Å². The van der Waals surface area contributed by atoms with Gasteiger partial charge in [-0.25, -0.2) is 0 Å². The van der Waals surface area contributed by atoms with E-state index in [1.54, 1.807) is 6.08 Å². The molecule has 0 aromatic rings. The maximum absolute atomic E-state index is 11.8. The molecule has 28 heavy (non-hydrogen) atoms. The number of rotatable bonds is 13. The van der Waals surface area contributed by atoms with E-state index < -0.39 is 20.7 Å². The second kappa shape index (κ2) is 15.3. The monoisotopic (exact) mass is 445 g/mol. The zero-order valence-electron chi connectivity index (χ0n) is 18.0. The van der Waals surface area contributed by atoms with Crippen molar-refractivity contribution in [3.8, 4) is 0 Å². The van der Waals surface area contributed by atoms with Gasteiger partial charge >= 0.3 is 37.2 Å². The molecule has 0 spiro atoms. The molecule has 0 heterocycles. The standard InChI is InChI=1S/C18H35NO6P2.Na/c1-6-25-27(23,24)18(26(20,21)22)19-14-13-17(5)12-8-11-16(4)10-7-9-15(2)3;/h9,11,13,18-19H,6-8,10,12,14H2,1-5H3,(H,23,24)(H2,20,21,22);/q;+1/p-1/b16-11+,17-13+;. The number of hydrogen-bond acceptors (Lipinski definition) is 5. The van der Waals surface area contributed by atoms with Crippen molar-refractivity contribution in [2.24, 2.45) is 0 Å². The van der Waals surface area contributed by atoms with Crippen molar-refractivity contribution < 1.29 is 57.9 Å². The normalized spacial score (nSPS) is 16.1. The fourth-order valence-corrected chi connectivity index (χ4v) is 5.19. The molecule has 0 saturated carbocycles. The van der Waals surface area contributed by atoms with Crippen LogP contribution in [0.3, 0.4) is 0 Å². The molecule has 0 aliphatic rings. The Balaban J connectivity index is 0. The van der Waals surface area contributed by atoms with E-state index >= 15 is 0 Å². The van der Waals surface area contributed by atoms with Crippen LogP contribution in [-0.4, -0.2) is 28.5 Å². The Bertz CT molecular complexity index is 638. The van der Waals surface area contributed by atoms with Crippen LogP contribution in [0.4, 0.5) is 0 Å². The van der Waals surface area contributed by atoms with E-state index in [0.29, 0.717) is 0 Å². The van der Waals surface area contributed by atoms with E-state index in [1.807, 2.05) is 6.92 Å². The molecule has 0 aliphatic heterocycles. The molecular formula is C18H34NNaO6P2. The Morgan fingerprint density at radius 2 is 1.54 bits per heavy atom. The van der Waals surface area contributed by atoms with Gasteiger partial charge in [-0.1, -0.05) is 34.9 Å². The van der Waals surface area contributed by atoms with Crippen LogP contribution in [-0.2, 0) is 13.7 Å². The summed E-state index contributed by atoms with van der Waals surface area (Å²) in [5.41, 5.74) is 1.61. The second-order valence-corrected chi connectivity index (χ2v) is 10.7. The summed E-state index contributed by atoms with van der Waals surface area (Å²) in [5, 5.41) is 2.39. The second-order valence-electron chi connectivity index (χ2n) is 6.79. The van der Waals surface area contributed by atoms with Crippen molar-refractivity contribution in [3.63, 3.8) is 0 Å². The number of nitrogens with one attached hydrogen (secondary N) is 1. The average Bonchev–Trinajstić information content (AvgIpc) is 2.49. The van der Waals surface area contributed by atoms with E-state index in [2.05, 4.69) is 42.8 Å². The third kappa shape index (κ3) is 14.5. The minimum absolute atomic E-state index is 0. The van der Waals surface area contributed by atoms with Gasteiger partial charge in [0, 0.05) is 6.54 Å². The Hall–Kier alpha value is 0.480. The van der Waals surface area contributed by atoms with Crippen molar-refractivity contribution in [1.82, 2.24) is 5.32 Å². The summed E-state index contributed by atoms with van der Waals surface area (Å²) in [4.78, 5) is 30.4. The van der Waals surface area contributed by atoms with Crippen LogP contribution in [0.2, 0.25) is 0 Å². The van der Waals surface area contributed by atoms with Gasteiger partial charge in [0.15, 0.2) is 13.1 Å². The number of allylic oxidation sites excluding steroid dienone is 5. The molecule has 158 valence electrons. The minimum atomic E-state index is -4.89. The van der Waals surface area contributed by atoms with Crippen LogP contribution in [0.25, 0.3) is 0 Å². The zero-order chi connectivity index (χ0) is 21.1. The Kier molecular flexibility index (Phi) is 16.8. The van der Waals surface area contributed by atoms with Gasteiger partial charge in [0.05, 0.1) is 6.61 Å². The zero-order valence-corrected chi connectivity index (χ0v) is 21.8. The van der Waals surface area contributed by atoms with Crippen LogP contribution in [0.1, 0.15) is 60.3 Å². The first-order valence-electron chi connectivity index (χ1n) is 9.08. The molecule has 0 aliphatic carbocycles. The van der Waals surface area contributed by atoms with Gasteiger partial charge in [-0.05, 0) is 60.3 Å². The summed E-state index contributed by atoms with van der Waals surface area (Å²) in [6, 6.07) is 0. The molecule has 0 aromatic heterocycles. The molecule has 2 atom stereocenters. The molecule has 3 N–H and O–H groups in total. The van der Waals surface area contributed by atoms with Gasteiger partial charge in [-0.15, -0.1) is 0 Å². The van der Waals surface area contributed by atoms with Crippen molar-refractivity contribution in [2.75, 3.05) is 13.2 Å². The van der Waals surface area contributed by atoms with Gasteiger partial charge in [0.25, 0.3) is 0 Å². The summed E-state index contributed by atoms with van der Waals surface area (Å²) in [7, 11) is -9.60. The average molecular weight is 445 g/mol. The summed E-state index contributed by atoms with van der Waals surface area (Å²) >= 11 is 0. The molecular weight excluding hydrogens is 411 g/mol. The Labute approximate surface area is 191 Å². The third-order valence-electron chi connectivity index (χ3n) is 3.80. The first kappa shape index (κ1) is 30.7. The quantitative estimate of drug-likeness (QED) is 0.220. The molecule has 0 amide bonds. The maximum Gasteiger partial charge on any atom is 1.00 e. The van der Waals surface area contributed by atoms with E-state index in [4.69, 9.17) is 0 Å². The van der Waals surface area contributed by atoms with E-state index in [1.165, 1.54) is 18.1 Å². The van der Waals surface area contributed by atoms with Gasteiger partial charge < -0.3 is 23.8 Å². The van der Waals surface area contributed by atoms with E-state index in [-0.39, 0.29) is 42.7 Å². The fraction of sp³-hybridized carbons (Fsp3) is 0.667. The molecule has 7 nitrogen and oxygen atoms in total. The molecule has 10 heteroatoms. The first-order chi connectivity index (χ1) is 12.4. The van der Waals surface area contributed by atoms with Crippen LogP contribution < -0.4 is 39.8 Å². The summed E-state index contributed by atoms with van der Waals surface area (Å²) < 4.78 is 27.8. The van der Waals surface area contributed by atoms with E-state index in [9.17, 15) is 23.8 Å². The molecule has 0 radical (unpaired) electrons. The first-order valence-corrected chi connectivity index (χ1v) is 12.4. The topological polar surface area (TPSA) is 119 Å². The summed E-state index contributed by atoms with van der Waals surface area (Å²) in [6.45, 7) is 9.47. The fourth-order valence-electron chi connectivity index (χ4n) is 2.34. The van der Waals surface area contributed by atoms with Crippen LogP contribution in [0, 0.1) is 0 Å². The van der Waals surface area contributed by atoms with Crippen molar-refractivity contribution in [3.05, 3.63) is 34.9 Å². The van der Waals surface area contributed by atoms with Crippen LogP contribution >= 0.6 is 15.2 Å². The van der Waals surface area contributed by atoms with Crippen LogP contribution in [0.5, 0.6) is 0 Å². The van der Waals surface area contributed by atoms with Crippen molar-refractivity contribution in [1.29, 1.82) is 0 Å². The number of hydrogen-bond donors (Lipinski definition) is 3. The molecule has 2 unspecified atom stereocenters. The molecule has 0 bridgehead atoms. The molecule has 0 fully saturated rings. The molecule has 0 rings (SSSR count). The third-order valence-corrected chi connectivity index (χ3v) is 7.77. The van der Waals surface area contributed by atoms with Crippen LogP contribution in [0.15, 0.2) is 34.9 Å². The van der Waals surface area contributed by atoms with E-state index in [0.717, 1.165) is 31.3 Å². The van der Waals surface area contributed by atoms with Gasteiger partial charge in [-0.3, -0.25) is 9.88 Å². The maximum atomic E-state index is 11.8. The summed E-state index contributed by atoms with van der Waals surface area (Å²) in [5.74, 6) is 0. The SMILES string of the molecule is CCOP(=O)([O-])C(NC/C=C(\C)CC/C=C(\C)CCC=C(C)C)P(=O)(O)O.[Na+]. The predicted molar refractivity (Wildman–Crippen MR) is 108 cm³/mol.